The first-order valence-corrected chi connectivity index (χ1v) is 21.9. The summed E-state index contributed by atoms with van der Waals surface area (Å²) < 4.78 is 16.2. The van der Waals surface area contributed by atoms with E-state index in [1.54, 1.807) is 11.1 Å². The van der Waals surface area contributed by atoms with Gasteiger partial charge in [0.15, 0.2) is 0 Å². The minimum absolute atomic E-state index is 0.117. The number of fused-ring (bicyclic) bond motifs is 6. The van der Waals surface area contributed by atoms with Crippen LogP contribution in [0.15, 0.2) is 79.0 Å². The van der Waals surface area contributed by atoms with Gasteiger partial charge in [-0.05, 0) is 90.4 Å². The van der Waals surface area contributed by atoms with Crippen molar-refractivity contribution in [2.45, 2.75) is 91.2 Å². The van der Waals surface area contributed by atoms with Crippen LogP contribution >= 0.6 is 0 Å². The highest BCUT2D eigenvalue weighted by atomic mass is 16.5. The smallest absolute Gasteiger partial charge is 0.407 e. The Morgan fingerprint density at radius 2 is 1.67 bits per heavy atom. The average molecular weight is 869 g/mol. The lowest BCUT2D eigenvalue weighted by atomic mass is 9.92. The van der Waals surface area contributed by atoms with Crippen molar-refractivity contribution in [3.05, 3.63) is 102 Å². The lowest BCUT2D eigenvalue weighted by molar-refractivity contribution is -0.139. The number of H-pyrrole nitrogens is 2. The van der Waals surface area contributed by atoms with E-state index in [9.17, 15) is 19.2 Å². The average Bonchev–Trinajstić information content (AvgIpc) is 4.08. The molecule has 4 heterocycles. The first-order valence-electron chi connectivity index (χ1n) is 21.9. The van der Waals surface area contributed by atoms with Gasteiger partial charge in [0, 0.05) is 23.5 Å². The van der Waals surface area contributed by atoms with E-state index in [1.807, 2.05) is 75.9 Å². The van der Waals surface area contributed by atoms with E-state index < -0.39 is 30.3 Å². The molecule has 0 unspecified atom stereocenters. The zero-order valence-corrected chi connectivity index (χ0v) is 37.5. The molecule has 15 heteroatoms. The number of carbonyl (C=O) groups excluding carboxylic acids is 4. The Balaban J connectivity index is 1.05. The van der Waals surface area contributed by atoms with E-state index in [-0.39, 0.29) is 35.7 Å². The van der Waals surface area contributed by atoms with Crippen LogP contribution in [0.1, 0.15) is 95.3 Å². The Hall–Kier alpha value is -6.90. The van der Waals surface area contributed by atoms with Crippen LogP contribution in [-0.2, 0) is 25.7 Å². The molecule has 6 atom stereocenters. The summed E-state index contributed by atoms with van der Waals surface area (Å²) in [7, 11) is 2.57. The van der Waals surface area contributed by atoms with Crippen LogP contribution in [0.4, 0.5) is 9.59 Å². The van der Waals surface area contributed by atoms with Gasteiger partial charge < -0.3 is 44.6 Å². The van der Waals surface area contributed by atoms with E-state index >= 15 is 0 Å². The van der Waals surface area contributed by atoms with Crippen LogP contribution in [0, 0.1) is 11.8 Å². The minimum atomic E-state index is -0.917. The van der Waals surface area contributed by atoms with Crippen molar-refractivity contribution < 1.29 is 33.4 Å². The van der Waals surface area contributed by atoms with Gasteiger partial charge in [-0.1, -0.05) is 76.2 Å². The SMILES string of the molecule is CC[C@H](C)N(C(=O)[C@@H](NC(=O)OC)C(C)C)[C@@H](C)c1ncc(-c2ccc3c(c2)COc2cc4c(ccc5[nH]c([C@@H]6C[C@H](C)CN6C(=O)[C@H](NC(=O)OC)c6ccccc6)nc54)cc2-3)[nH]1. The van der Waals surface area contributed by atoms with Crippen molar-refractivity contribution in [3.8, 4) is 28.1 Å². The normalized spacial score (nSPS) is 17.5. The van der Waals surface area contributed by atoms with Crippen LogP contribution in [0.2, 0.25) is 0 Å². The quantitative estimate of drug-likeness (QED) is 0.0934. The minimum Gasteiger partial charge on any atom is -0.488 e. The molecule has 1 saturated heterocycles. The summed E-state index contributed by atoms with van der Waals surface area (Å²) in [5, 5.41) is 7.40. The summed E-state index contributed by atoms with van der Waals surface area (Å²) >= 11 is 0. The number of nitrogens with one attached hydrogen (secondary N) is 4. The van der Waals surface area contributed by atoms with Crippen LogP contribution < -0.4 is 15.4 Å². The number of amides is 4. The molecule has 2 aliphatic heterocycles. The zero-order chi connectivity index (χ0) is 45.4. The van der Waals surface area contributed by atoms with Crippen LogP contribution in [-0.4, -0.2) is 86.6 Å². The third-order valence-corrected chi connectivity index (χ3v) is 12.7. The third kappa shape index (κ3) is 8.33. The van der Waals surface area contributed by atoms with Gasteiger partial charge in [-0.2, -0.15) is 0 Å². The largest absolute Gasteiger partial charge is 0.488 e. The number of alkyl carbamates (subject to hydrolysis) is 2. The summed E-state index contributed by atoms with van der Waals surface area (Å²) in [5.41, 5.74) is 7.12. The number of imidazole rings is 2. The molecule has 0 bridgehead atoms. The van der Waals surface area contributed by atoms with E-state index in [1.165, 1.54) is 14.2 Å². The molecule has 2 aromatic heterocycles. The van der Waals surface area contributed by atoms with Gasteiger partial charge in [0.2, 0.25) is 5.91 Å². The molecule has 6 aromatic rings. The number of carbonyl (C=O) groups is 4. The highest BCUT2D eigenvalue weighted by Gasteiger charge is 2.40. The van der Waals surface area contributed by atoms with E-state index in [4.69, 9.17) is 24.2 Å². The number of likely N-dealkylation sites (tertiary alicyclic amines) is 1. The fourth-order valence-electron chi connectivity index (χ4n) is 9.13. The van der Waals surface area contributed by atoms with Crippen molar-refractivity contribution in [1.82, 2.24) is 40.4 Å². The first-order chi connectivity index (χ1) is 30.8. The number of methoxy groups -OCH3 is 2. The summed E-state index contributed by atoms with van der Waals surface area (Å²) in [4.78, 5) is 73.3. The monoisotopic (exact) mass is 868 g/mol. The molecule has 0 saturated carbocycles. The number of aromatic nitrogens is 4. The number of hydrogen-bond donors (Lipinski definition) is 4. The maximum atomic E-state index is 14.3. The lowest BCUT2D eigenvalue weighted by Crippen LogP contribution is -2.54. The van der Waals surface area contributed by atoms with Crippen molar-refractivity contribution in [2.75, 3.05) is 20.8 Å². The van der Waals surface area contributed by atoms with Crippen molar-refractivity contribution in [2.24, 2.45) is 11.8 Å². The Bertz CT molecular complexity index is 2710. The van der Waals surface area contributed by atoms with Crippen molar-refractivity contribution in [1.29, 1.82) is 0 Å². The number of hydrogen-bond acceptors (Lipinski definition) is 9. The predicted molar refractivity (Wildman–Crippen MR) is 243 cm³/mol. The Kier molecular flexibility index (Phi) is 12.3. The molecule has 4 aromatic carbocycles. The second kappa shape index (κ2) is 18.1. The van der Waals surface area contributed by atoms with Crippen molar-refractivity contribution in [3.63, 3.8) is 0 Å². The molecule has 334 valence electrons. The topological polar surface area (TPSA) is 184 Å². The summed E-state index contributed by atoms with van der Waals surface area (Å²) in [6, 6.07) is 21.2. The number of aromatic amines is 2. The van der Waals surface area contributed by atoms with Gasteiger partial charge >= 0.3 is 12.2 Å². The van der Waals surface area contributed by atoms with E-state index in [0.717, 1.165) is 61.9 Å². The van der Waals surface area contributed by atoms with Crippen LogP contribution in [0.3, 0.4) is 0 Å². The Morgan fingerprint density at radius 3 is 2.39 bits per heavy atom. The molecule has 0 radical (unpaired) electrons. The summed E-state index contributed by atoms with van der Waals surface area (Å²) in [6.07, 6.45) is 1.89. The van der Waals surface area contributed by atoms with Crippen LogP contribution in [0.25, 0.3) is 44.2 Å². The van der Waals surface area contributed by atoms with Gasteiger partial charge in [-0.25, -0.2) is 19.6 Å². The standard InChI is InChI=1S/C49H56N8O7/c1-9-28(5)57(47(59)41(26(2)3)54-48(60)62-7)29(6)44-50-23-38(52-44)32-15-17-34-33(20-32)25-64-40-22-35-31(21-36(34)40)16-18-37-43(35)53-45(51-37)39-19-27(4)24-56(39)46(58)42(55-49(61)63-8)30-13-11-10-12-14-30/h10-18,20-23,26-29,39,41-42H,9,19,24-25H2,1-8H3,(H,50,52)(H,51,53)(H,54,60)(H,55,61)/t27-,28-,29-,39-,41-,42+/m0/s1. The highest BCUT2D eigenvalue weighted by Crippen LogP contribution is 2.44. The fourth-order valence-corrected chi connectivity index (χ4v) is 9.13. The van der Waals surface area contributed by atoms with Gasteiger partial charge in [0.05, 0.1) is 49.2 Å². The van der Waals surface area contributed by atoms with Crippen molar-refractivity contribution >= 4 is 45.8 Å². The second-order valence-electron chi connectivity index (χ2n) is 17.4. The molecule has 15 nitrogen and oxygen atoms in total. The third-order valence-electron chi connectivity index (χ3n) is 12.7. The van der Waals surface area contributed by atoms with E-state index in [0.29, 0.717) is 36.8 Å². The predicted octanol–water partition coefficient (Wildman–Crippen LogP) is 8.74. The lowest BCUT2D eigenvalue weighted by Gasteiger charge is -2.37. The zero-order valence-electron chi connectivity index (χ0n) is 37.5. The first kappa shape index (κ1) is 43.7. The molecule has 0 spiro atoms. The number of ether oxygens (including phenoxy) is 3. The van der Waals surface area contributed by atoms with Gasteiger partial charge in [-0.15, -0.1) is 0 Å². The second-order valence-corrected chi connectivity index (χ2v) is 17.4. The fraction of sp³-hybridized carbons (Fsp3) is 0.388. The Morgan fingerprint density at radius 1 is 0.922 bits per heavy atom. The maximum Gasteiger partial charge on any atom is 0.407 e. The summed E-state index contributed by atoms with van der Waals surface area (Å²) in [5.74, 6) is 1.71. The maximum absolute atomic E-state index is 14.3. The molecule has 4 amide bonds. The molecule has 1 fully saturated rings. The highest BCUT2D eigenvalue weighted by molar-refractivity contribution is 6.07. The number of benzene rings is 4. The van der Waals surface area contributed by atoms with Gasteiger partial charge in [0.1, 0.15) is 36.1 Å². The molecule has 0 aliphatic carbocycles. The number of nitrogens with zero attached hydrogens (tertiary/aromatic N) is 4. The molecular weight excluding hydrogens is 813 g/mol. The molecule has 64 heavy (non-hydrogen) atoms. The molecular formula is C49H56N8O7. The number of rotatable bonds is 12. The molecule has 8 rings (SSSR count). The summed E-state index contributed by atoms with van der Waals surface area (Å²) in [6.45, 7) is 12.8. The van der Waals surface area contributed by atoms with E-state index in [2.05, 4.69) is 63.9 Å². The van der Waals surface area contributed by atoms with Gasteiger partial charge in [0.25, 0.3) is 5.91 Å². The van der Waals surface area contributed by atoms with Crippen LogP contribution in [0.5, 0.6) is 5.75 Å². The Labute approximate surface area is 372 Å². The van der Waals surface area contributed by atoms with Gasteiger partial charge in [-0.3, -0.25) is 9.59 Å². The molecule has 4 N–H and O–H groups in total. The molecule has 2 aliphatic rings.